The van der Waals surface area contributed by atoms with Crippen molar-refractivity contribution >= 4 is 44.6 Å². The highest BCUT2D eigenvalue weighted by Crippen LogP contribution is 2.33. The molecule has 1 fully saturated rings. The molecule has 1 heterocycles. The molecule has 0 aliphatic carbocycles. The fourth-order valence-corrected chi connectivity index (χ4v) is 4.56. The molecule has 0 bridgehead atoms. The number of rotatable bonds is 3. The zero-order valence-corrected chi connectivity index (χ0v) is 13.3. The molecule has 1 unspecified atom stereocenters. The van der Waals surface area contributed by atoms with E-state index in [0.717, 1.165) is 0 Å². The number of hydrogen-bond acceptors (Lipinski definition) is 3. The summed E-state index contributed by atoms with van der Waals surface area (Å²) in [6.07, 6.45) is 0.725. The van der Waals surface area contributed by atoms with Crippen LogP contribution in [0.5, 0.6) is 0 Å². The smallest absolute Gasteiger partial charge is 0.227 e. The fraction of sp³-hybridized carbons (Fsp3) is 0.462. The Morgan fingerprint density at radius 2 is 2.10 bits per heavy atom. The molecule has 1 atom stereocenters. The van der Waals surface area contributed by atoms with Crippen molar-refractivity contribution in [2.24, 2.45) is 0 Å². The maximum absolute atomic E-state index is 12.2. The van der Waals surface area contributed by atoms with Crippen molar-refractivity contribution in [3.63, 3.8) is 0 Å². The maximum atomic E-state index is 12.2. The van der Waals surface area contributed by atoms with Crippen LogP contribution in [0.25, 0.3) is 0 Å². The SMILES string of the molecule is CCC(=O)N(c1ccc(Cl)cc1Cl)C1CCS(=O)(=O)C1. The topological polar surface area (TPSA) is 54.5 Å². The molecule has 1 aromatic rings. The van der Waals surface area contributed by atoms with Gasteiger partial charge in [0.05, 0.1) is 28.3 Å². The van der Waals surface area contributed by atoms with Crippen LogP contribution in [-0.2, 0) is 14.6 Å². The molecule has 4 nitrogen and oxygen atoms in total. The van der Waals surface area contributed by atoms with Gasteiger partial charge in [-0.2, -0.15) is 0 Å². The third kappa shape index (κ3) is 3.27. The summed E-state index contributed by atoms with van der Waals surface area (Å²) in [6, 6.07) is 4.49. The van der Waals surface area contributed by atoms with Crippen LogP contribution in [-0.4, -0.2) is 31.9 Å². The minimum absolute atomic E-state index is 0.0162. The van der Waals surface area contributed by atoms with Crippen LogP contribution in [0.1, 0.15) is 19.8 Å². The van der Waals surface area contributed by atoms with Crippen molar-refractivity contribution in [2.45, 2.75) is 25.8 Å². The van der Waals surface area contributed by atoms with E-state index in [4.69, 9.17) is 23.2 Å². The molecule has 0 aromatic heterocycles. The van der Waals surface area contributed by atoms with Crippen LogP contribution in [0.2, 0.25) is 10.0 Å². The first-order valence-corrected chi connectivity index (χ1v) is 8.89. The third-order valence-corrected chi connectivity index (χ3v) is 5.60. The standard InChI is InChI=1S/C13H15Cl2NO3S/c1-2-13(17)16(10-5-6-20(18,19)8-10)12-4-3-9(14)7-11(12)15/h3-4,7,10H,2,5-6,8H2,1H3. The van der Waals surface area contributed by atoms with E-state index in [1.54, 1.807) is 25.1 Å². The van der Waals surface area contributed by atoms with Crippen molar-refractivity contribution in [1.29, 1.82) is 0 Å². The molecular weight excluding hydrogens is 321 g/mol. The lowest BCUT2D eigenvalue weighted by molar-refractivity contribution is -0.118. The quantitative estimate of drug-likeness (QED) is 0.853. The summed E-state index contributed by atoms with van der Waals surface area (Å²) in [7, 11) is -3.07. The Morgan fingerprint density at radius 1 is 1.40 bits per heavy atom. The molecule has 110 valence electrons. The summed E-state index contributed by atoms with van der Waals surface area (Å²) in [5.74, 6) is -0.0510. The number of amides is 1. The van der Waals surface area contributed by atoms with Crippen LogP contribution >= 0.6 is 23.2 Å². The lowest BCUT2D eigenvalue weighted by Crippen LogP contribution is -2.41. The second-order valence-electron chi connectivity index (χ2n) is 4.77. The van der Waals surface area contributed by atoms with Crippen molar-refractivity contribution in [3.8, 4) is 0 Å². The first-order valence-electron chi connectivity index (χ1n) is 6.31. The number of hydrogen-bond donors (Lipinski definition) is 0. The molecule has 0 N–H and O–H groups in total. The van der Waals surface area contributed by atoms with Crippen LogP contribution in [0.4, 0.5) is 5.69 Å². The highest BCUT2D eigenvalue weighted by Gasteiger charge is 2.35. The third-order valence-electron chi connectivity index (χ3n) is 3.31. The maximum Gasteiger partial charge on any atom is 0.227 e. The second-order valence-corrected chi connectivity index (χ2v) is 7.84. The van der Waals surface area contributed by atoms with Gasteiger partial charge in [0.15, 0.2) is 9.84 Å². The van der Waals surface area contributed by atoms with E-state index in [1.165, 1.54) is 4.90 Å². The highest BCUT2D eigenvalue weighted by atomic mass is 35.5. The van der Waals surface area contributed by atoms with Crippen LogP contribution in [0, 0.1) is 0 Å². The van der Waals surface area contributed by atoms with E-state index in [9.17, 15) is 13.2 Å². The van der Waals surface area contributed by atoms with Gasteiger partial charge < -0.3 is 4.90 Å². The first kappa shape index (κ1) is 15.6. The number of sulfone groups is 1. The monoisotopic (exact) mass is 335 g/mol. The molecule has 1 aliphatic heterocycles. The Morgan fingerprint density at radius 3 is 2.60 bits per heavy atom. The summed E-state index contributed by atoms with van der Waals surface area (Å²) in [4.78, 5) is 13.7. The van der Waals surface area contributed by atoms with Gasteiger partial charge in [-0.3, -0.25) is 4.79 Å². The predicted octanol–water partition coefficient (Wildman–Crippen LogP) is 2.92. The normalized spacial score (nSPS) is 20.9. The van der Waals surface area contributed by atoms with Crippen LogP contribution in [0.3, 0.4) is 0 Å². The van der Waals surface area contributed by atoms with E-state index in [0.29, 0.717) is 22.2 Å². The molecule has 0 spiro atoms. The zero-order chi connectivity index (χ0) is 14.9. The Labute approximate surface area is 128 Å². The van der Waals surface area contributed by atoms with E-state index >= 15 is 0 Å². The van der Waals surface area contributed by atoms with Crippen LogP contribution in [0.15, 0.2) is 18.2 Å². The zero-order valence-electron chi connectivity index (χ0n) is 11.0. The summed E-state index contributed by atoms with van der Waals surface area (Å²) < 4.78 is 23.3. The molecule has 0 radical (unpaired) electrons. The summed E-state index contributed by atoms with van der Waals surface area (Å²) in [6.45, 7) is 1.74. The number of benzene rings is 1. The molecule has 1 saturated heterocycles. The van der Waals surface area contributed by atoms with Gasteiger partial charge in [0.1, 0.15) is 0 Å². The number of anilines is 1. The van der Waals surface area contributed by atoms with E-state index in [1.807, 2.05) is 0 Å². The lowest BCUT2D eigenvalue weighted by atomic mass is 10.1. The lowest BCUT2D eigenvalue weighted by Gasteiger charge is -2.29. The van der Waals surface area contributed by atoms with Gasteiger partial charge in [0.2, 0.25) is 5.91 Å². The Kier molecular flexibility index (Phi) is 4.62. The number of halogens is 2. The van der Waals surface area contributed by atoms with Gasteiger partial charge in [-0.05, 0) is 24.6 Å². The molecule has 1 aromatic carbocycles. The largest absolute Gasteiger partial charge is 0.307 e. The Bertz CT molecular complexity index is 631. The molecule has 1 amide bonds. The molecule has 2 rings (SSSR count). The van der Waals surface area contributed by atoms with Gasteiger partial charge in [-0.15, -0.1) is 0 Å². The number of carbonyl (C=O) groups excluding carboxylic acids is 1. The van der Waals surface area contributed by atoms with Crippen molar-refractivity contribution < 1.29 is 13.2 Å². The van der Waals surface area contributed by atoms with E-state index < -0.39 is 9.84 Å². The average Bonchev–Trinajstić information content (AvgIpc) is 2.72. The van der Waals surface area contributed by atoms with Gasteiger partial charge in [-0.25, -0.2) is 8.42 Å². The summed E-state index contributed by atoms with van der Waals surface area (Å²) in [5.41, 5.74) is 0.519. The molecule has 0 saturated carbocycles. The Hall–Kier alpha value is -0.780. The average molecular weight is 336 g/mol. The van der Waals surface area contributed by atoms with Gasteiger partial charge in [-0.1, -0.05) is 30.1 Å². The predicted molar refractivity (Wildman–Crippen MR) is 81.3 cm³/mol. The minimum atomic E-state index is -3.07. The molecular formula is C13H15Cl2NO3S. The van der Waals surface area contributed by atoms with Crippen LogP contribution < -0.4 is 4.90 Å². The first-order chi connectivity index (χ1) is 9.34. The highest BCUT2D eigenvalue weighted by molar-refractivity contribution is 7.91. The minimum Gasteiger partial charge on any atom is -0.307 e. The molecule has 20 heavy (non-hydrogen) atoms. The number of carbonyl (C=O) groups is 1. The fourth-order valence-electron chi connectivity index (χ4n) is 2.36. The van der Waals surface area contributed by atoms with Crippen molar-refractivity contribution in [1.82, 2.24) is 0 Å². The summed E-state index contributed by atoms with van der Waals surface area (Å²) in [5, 5.41) is 0.824. The molecule has 1 aliphatic rings. The van der Waals surface area contributed by atoms with E-state index in [-0.39, 0.29) is 29.9 Å². The number of nitrogens with zero attached hydrogens (tertiary/aromatic N) is 1. The summed E-state index contributed by atoms with van der Waals surface area (Å²) >= 11 is 12.0. The van der Waals surface area contributed by atoms with Gasteiger partial charge >= 0.3 is 0 Å². The second kappa shape index (κ2) is 5.92. The molecule has 7 heteroatoms. The van der Waals surface area contributed by atoms with Crippen molar-refractivity contribution in [2.75, 3.05) is 16.4 Å². The van der Waals surface area contributed by atoms with E-state index in [2.05, 4.69) is 0 Å². The van der Waals surface area contributed by atoms with Gasteiger partial charge in [0.25, 0.3) is 0 Å². The van der Waals surface area contributed by atoms with Crippen molar-refractivity contribution in [3.05, 3.63) is 28.2 Å². The Balaban J connectivity index is 2.40. The van der Waals surface area contributed by atoms with Gasteiger partial charge in [0, 0.05) is 11.4 Å².